The molecule has 60 heavy (non-hydrogen) atoms. The first kappa shape index (κ1) is 58.4. The summed E-state index contributed by atoms with van der Waals surface area (Å²) in [6, 6.07) is 0. The molecule has 0 amide bonds. The van der Waals surface area contributed by atoms with Gasteiger partial charge in [0.15, 0.2) is 6.10 Å². The lowest BCUT2D eigenvalue weighted by Gasteiger charge is -2.15. The van der Waals surface area contributed by atoms with E-state index >= 15 is 0 Å². The summed E-state index contributed by atoms with van der Waals surface area (Å²) in [5, 5.41) is 9.61. The van der Waals surface area contributed by atoms with Gasteiger partial charge in [-0.3, -0.25) is 9.59 Å². The Morgan fingerprint density at radius 2 is 0.667 bits per heavy atom. The highest BCUT2D eigenvalue weighted by Gasteiger charge is 2.16. The van der Waals surface area contributed by atoms with Crippen LogP contribution in [-0.2, 0) is 19.1 Å². The van der Waals surface area contributed by atoms with E-state index in [-0.39, 0.29) is 25.2 Å². The standard InChI is InChI=1S/C55H104O5/c1-3-5-7-9-11-13-15-17-19-21-22-23-24-25-26-27-28-29-30-31-32-33-34-36-37-39-41-43-45-47-49-54(57)59-52-53(51-56)60-55(58)50-48-46-44-42-40-38-35-20-18-16-14-12-10-8-6-4-2/h14,16,20,35,53,56H,3-13,15,17-19,21-34,36-52H2,1-2H3/b16-14-,35-20-. The first-order valence-corrected chi connectivity index (χ1v) is 26.9. The minimum Gasteiger partial charge on any atom is -0.462 e. The van der Waals surface area contributed by atoms with E-state index in [0.29, 0.717) is 12.8 Å². The zero-order chi connectivity index (χ0) is 43.5. The summed E-state index contributed by atoms with van der Waals surface area (Å²) in [7, 11) is 0. The fourth-order valence-electron chi connectivity index (χ4n) is 8.18. The maximum absolute atomic E-state index is 12.2. The van der Waals surface area contributed by atoms with Crippen LogP contribution in [0.2, 0.25) is 0 Å². The molecule has 0 spiro atoms. The van der Waals surface area contributed by atoms with E-state index in [1.54, 1.807) is 0 Å². The molecule has 5 heteroatoms. The normalized spacial score (nSPS) is 12.2. The van der Waals surface area contributed by atoms with Crippen molar-refractivity contribution in [2.45, 2.75) is 302 Å². The third kappa shape index (κ3) is 49.0. The summed E-state index contributed by atoms with van der Waals surface area (Å²) in [4.78, 5) is 24.4. The molecule has 5 nitrogen and oxygen atoms in total. The summed E-state index contributed by atoms with van der Waals surface area (Å²) in [6.07, 6.45) is 64.4. The molecule has 1 unspecified atom stereocenters. The highest BCUT2D eigenvalue weighted by atomic mass is 16.6. The van der Waals surface area contributed by atoms with Crippen molar-refractivity contribution in [3.05, 3.63) is 24.3 Å². The number of esters is 2. The topological polar surface area (TPSA) is 72.8 Å². The van der Waals surface area contributed by atoms with E-state index in [0.717, 1.165) is 51.4 Å². The molecule has 1 atom stereocenters. The smallest absolute Gasteiger partial charge is 0.306 e. The van der Waals surface area contributed by atoms with E-state index in [2.05, 4.69) is 38.2 Å². The molecule has 0 aromatic rings. The molecule has 0 saturated heterocycles. The van der Waals surface area contributed by atoms with Crippen molar-refractivity contribution in [3.63, 3.8) is 0 Å². The van der Waals surface area contributed by atoms with Crippen molar-refractivity contribution in [3.8, 4) is 0 Å². The van der Waals surface area contributed by atoms with Gasteiger partial charge in [-0.25, -0.2) is 0 Å². The quantitative estimate of drug-likeness (QED) is 0.0375. The van der Waals surface area contributed by atoms with Crippen molar-refractivity contribution in [1.82, 2.24) is 0 Å². The van der Waals surface area contributed by atoms with E-state index in [4.69, 9.17) is 9.47 Å². The Morgan fingerprint density at radius 3 is 1.00 bits per heavy atom. The fourth-order valence-corrected chi connectivity index (χ4v) is 8.18. The second-order valence-electron chi connectivity index (χ2n) is 18.3. The number of ether oxygens (including phenoxy) is 2. The Bertz CT molecular complexity index is 913. The van der Waals surface area contributed by atoms with Gasteiger partial charge in [-0.2, -0.15) is 0 Å². The molecule has 1 N–H and O–H groups in total. The number of aliphatic hydroxyl groups is 1. The number of rotatable bonds is 50. The third-order valence-electron chi connectivity index (χ3n) is 12.2. The molecule has 0 rings (SSSR count). The number of aliphatic hydroxyl groups excluding tert-OH is 1. The Kier molecular flexibility index (Phi) is 50.3. The Hall–Kier alpha value is -1.62. The number of unbranched alkanes of at least 4 members (excludes halogenated alkanes) is 38. The lowest BCUT2D eigenvalue weighted by molar-refractivity contribution is -0.161. The fraction of sp³-hybridized carbons (Fsp3) is 0.891. The highest BCUT2D eigenvalue weighted by Crippen LogP contribution is 2.17. The SMILES string of the molecule is CCCCCC/C=C\C/C=C\CCCCCCCC(=O)OC(CO)COC(=O)CCCCCCCCCCCCCCCCCCCCCCCCCCCCCCCC. The molecule has 0 aliphatic carbocycles. The Morgan fingerprint density at radius 1 is 0.383 bits per heavy atom. The summed E-state index contributed by atoms with van der Waals surface area (Å²) in [5.74, 6) is -0.591. The highest BCUT2D eigenvalue weighted by molar-refractivity contribution is 5.70. The predicted molar refractivity (Wildman–Crippen MR) is 261 cm³/mol. The number of hydrogen-bond acceptors (Lipinski definition) is 5. The van der Waals surface area contributed by atoms with Crippen LogP contribution in [-0.4, -0.2) is 36.4 Å². The van der Waals surface area contributed by atoms with Crippen molar-refractivity contribution < 1.29 is 24.2 Å². The van der Waals surface area contributed by atoms with Gasteiger partial charge < -0.3 is 14.6 Å². The van der Waals surface area contributed by atoms with Gasteiger partial charge in [0.05, 0.1) is 6.61 Å². The number of allylic oxidation sites excluding steroid dienone is 4. The molecule has 0 aromatic heterocycles. The molecule has 0 saturated carbocycles. The lowest BCUT2D eigenvalue weighted by Crippen LogP contribution is -2.28. The minimum atomic E-state index is -0.775. The second kappa shape index (κ2) is 51.7. The molecular weight excluding hydrogens is 741 g/mol. The van der Waals surface area contributed by atoms with Gasteiger partial charge in [0.2, 0.25) is 0 Å². The van der Waals surface area contributed by atoms with Gasteiger partial charge in [-0.15, -0.1) is 0 Å². The molecule has 0 bridgehead atoms. The van der Waals surface area contributed by atoms with Crippen LogP contribution in [0.5, 0.6) is 0 Å². The lowest BCUT2D eigenvalue weighted by atomic mass is 10.0. The van der Waals surface area contributed by atoms with Gasteiger partial charge >= 0.3 is 11.9 Å². The number of carbonyl (C=O) groups excluding carboxylic acids is 2. The molecule has 0 radical (unpaired) electrons. The van der Waals surface area contributed by atoms with E-state index in [1.165, 1.54) is 218 Å². The van der Waals surface area contributed by atoms with Crippen molar-refractivity contribution >= 4 is 11.9 Å². The maximum atomic E-state index is 12.2. The van der Waals surface area contributed by atoms with Crippen LogP contribution in [0.15, 0.2) is 24.3 Å². The van der Waals surface area contributed by atoms with Crippen LogP contribution in [0, 0.1) is 0 Å². The van der Waals surface area contributed by atoms with Gasteiger partial charge in [0.1, 0.15) is 6.61 Å². The van der Waals surface area contributed by atoms with E-state index < -0.39 is 6.10 Å². The molecule has 0 aliphatic rings. The Labute approximate surface area is 374 Å². The van der Waals surface area contributed by atoms with Crippen molar-refractivity contribution in [1.29, 1.82) is 0 Å². The molecule has 0 heterocycles. The monoisotopic (exact) mass is 845 g/mol. The van der Waals surface area contributed by atoms with Crippen LogP contribution in [0.3, 0.4) is 0 Å². The number of hydrogen-bond donors (Lipinski definition) is 1. The first-order valence-electron chi connectivity index (χ1n) is 26.9. The molecule has 0 aromatic carbocycles. The average molecular weight is 845 g/mol. The van der Waals surface area contributed by atoms with Gasteiger partial charge in [-0.1, -0.05) is 263 Å². The van der Waals surface area contributed by atoms with Gasteiger partial charge in [0, 0.05) is 12.8 Å². The predicted octanol–water partition coefficient (Wildman–Crippen LogP) is 17.8. The van der Waals surface area contributed by atoms with Crippen LogP contribution < -0.4 is 0 Å². The first-order chi connectivity index (χ1) is 29.6. The van der Waals surface area contributed by atoms with Crippen LogP contribution in [0.25, 0.3) is 0 Å². The summed E-state index contributed by atoms with van der Waals surface area (Å²) >= 11 is 0. The molecule has 0 aliphatic heterocycles. The second-order valence-corrected chi connectivity index (χ2v) is 18.3. The number of carbonyl (C=O) groups is 2. The zero-order valence-electron chi connectivity index (χ0n) is 40.5. The maximum Gasteiger partial charge on any atom is 0.306 e. The largest absolute Gasteiger partial charge is 0.462 e. The molecular formula is C55H104O5. The Balaban J connectivity index is 3.41. The van der Waals surface area contributed by atoms with Crippen LogP contribution in [0.1, 0.15) is 296 Å². The summed E-state index contributed by atoms with van der Waals surface area (Å²) in [6.45, 7) is 4.15. The molecule has 0 fully saturated rings. The summed E-state index contributed by atoms with van der Waals surface area (Å²) in [5.41, 5.74) is 0. The van der Waals surface area contributed by atoms with Crippen LogP contribution in [0.4, 0.5) is 0 Å². The minimum absolute atomic E-state index is 0.0665. The van der Waals surface area contributed by atoms with Gasteiger partial charge in [-0.05, 0) is 44.9 Å². The van der Waals surface area contributed by atoms with Crippen LogP contribution >= 0.6 is 0 Å². The van der Waals surface area contributed by atoms with E-state index in [9.17, 15) is 14.7 Å². The zero-order valence-corrected chi connectivity index (χ0v) is 40.5. The van der Waals surface area contributed by atoms with Gasteiger partial charge in [0.25, 0.3) is 0 Å². The van der Waals surface area contributed by atoms with Crippen molar-refractivity contribution in [2.24, 2.45) is 0 Å². The summed E-state index contributed by atoms with van der Waals surface area (Å²) < 4.78 is 10.7. The molecule has 354 valence electrons. The average Bonchev–Trinajstić information content (AvgIpc) is 3.25. The van der Waals surface area contributed by atoms with E-state index in [1.807, 2.05) is 0 Å². The third-order valence-corrected chi connectivity index (χ3v) is 12.2. The van der Waals surface area contributed by atoms with Crippen molar-refractivity contribution in [2.75, 3.05) is 13.2 Å².